The molecule has 32 heavy (non-hydrogen) atoms. The van der Waals surface area contributed by atoms with Gasteiger partial charge in [0.1, 0.15) is 6.10 Å². The summed E-state index contributed by atoms with van der Waals surface area (Å²) in [5.74, 6) is -0.470. The van der Waals surface area contributed by atoms with E-state index in [1.165, 1.54) is 4.90 Å². The molecule has 7 nitrogen and oxygen atoms in total. The lowest BCUT2D eigenvalue weighted by atomic mass is 10.2. The Bertz CT molecular complexity index is 1010. The first-order chi connectivity index (χ1) is 15.3. The fraction of sp³-hybridized carbons (Fsp3) is 0.524. The summed E-state index contributed by atoms with van der Waals surface area (Å²) < 4.78 is 58.9. The Hall–Kier alpha value is -2.98. The average Bonchev–Trinajstić information content (AvgIpc) is 3.54. The number of aromatic nitrogens is 3. The third kappa shape index (κ3) is 4.20. The number of hydrogen-bond acceptors (Lipinski definition) is 6. The normalized spacial score (nSPS) is 23.8. The van der Waals surface area contributed by atoms with E-state index in [-0.39, 0.29) is 43.4 Å². The lowest BCUT2D eigenvalue weighted by Gasteiger charge is -2.26. The van der Waals surface area contributed by atoms with Crippen LogP contribution < -0.4 is 9.64 Å². The second-order valence-corrected chi connectivity index (χ2v) is 8.45. The number of anilines is 1. The second-order valence-electron chi connectivity index (χ2n) is 8.45. The van der Waals surface area contributed by atoms with E-state index in [4.69, 9.17) is 4.74 Å². The van der Waals surface area contributed by atoms with Crippen LogP contribution in [0.1, 0.15) is 42.9 Å². The third-order valence-corrected chi connectivity index (χ3v) is 6.10. The van der Waals surface area contributed by atoms with Gasteiger partial charge in [0.25, 0.3) is 0 Å². The van der Waals surface area contributed by atoms with Crippen molar-refractivity contribution < 1.29 is 27.1 Å². The molecule has 1 amide bonds. The van der Waals surface area contributed by atoms with Gasteiger partial charge in [-0.15, -0.1) is 0 Å². The molecule has 1 aliphatic carbocycles. The number of nitrogens with zero attached hydrogens (tertiary/aromatic N) is 5. The highest BCUT2D eigenvalue weighted by Crippen LogP contribution is 2.39. The maximum atomic E-state index is 14.5. The summed E-state index contributed by atoms with van der Waals surface area (Å²) in [4.78, 5) is 28.3. The van der Waals surface area contributed by atoms with Crippen LogP contribution in [0, 0.1) is 5.82 Å². The van der Waals surface area contributed by atoms with Crippen molar-refractivity contribution in [2.45, 2.75) is 49.9 Å². The Labute approximate surface area is 181 Å². The number of carbonyl (C=O) groups excluding carboxylic acids is 1. The summed E-state index contributed by atoms with van der Waals surface area (Å²) in [7, 11) is 0. The molecule has 2 aromatic rings. The van der Waals surface area contributed by atoms with Crippen molar-refractivity contribution in [1.29, 1.82) is 0 Å². The minimum atomic E-state index is -4.67. The lowest BCUT2D eigenvalue weighted by molar-refractivity contribution is -0.138. The molecule has 2 aliphatic heterocycles. The molecule has 0 bridgehead atoms. The topological polar surface area (TPSA) is 71.5 Å². The van der Waals surface area contributed by atoms with Gasteiger partial charge in [0.2, 0.25) is 11.8 Å². The van der Waals surface area contributed by atoms with Crippen LogP contribution in [0.4, 0.5) is 23.4 Å². The number of carbonyl (C=O) groups is 1. The van der Waals surface area contributed by atoms with Gasteiger partial charge in [-0.3, -0.25) is 9.78 Å². The highest BCUT2D eigenvalue weighted by molar-refractivity contribution is 5.78. The van der Waals surface area contributed by atoms with E-state index in [0.717, 1.165) is 18.5 Å². The van der Waals surface area contributed by atoms with Crippen molar-refractivity contribution in [2.24, 2.45) is 0 Å². The van der Waals surface area contributed by atoms with Gasteiger partial charge in [-0.1, -0.05) is 0 Å². The molecule has 3 fully saturated rings. The zero-order chi connectivity index (χ0) is 22.5. The van der Waals surface area contributed by atoms with E-state index in [0.29, 0.717) is 37.0 Å². The molecule has 3 aliphatic rings. The Morgan fingerprint density at radius 1 is 1.06 bits per heavy atom. The monoisotopic (exact) mass is 451 g/mol. The van der Waals surface area contributed by atoms with Gasteiger partial charge in [-0.05, 0) is 18.9 Å². The van der Waals surface area contributed by atoms with Crippen molar-refractivity contribution in [1.82, 2.24) is 19.9 Å². The number of fused-ring (bicyclic) bond motifs is 1. The van der Waals surface area contributed by atoms with Crippen molar-refractivity contribution in [2.75, 3.05) is 24.5 Å². The zero-order valence-corrected chi connectivity index (χ0v) is 17.1. The van der Waals surface area contributed by atoms with Crippen molar-refractivity contribution in [3.05, 3.63) is 41.7 Å². The average molecular weight is 451 g/mol. The SMILES string of the molecule is O=C1CCN(c2ncc(C(F)(F)F)cc2F)CC2CC(Oc3cnc(C4CC4)cn3)CN12. The summed E-state index contributed by atoms with van der Waals surface area (Å²) in [6.45, 7) is 0.806. The highest BCUT2D eigenvalue weighted by Gasteiger charge is 2.40. The van der Waals surface area contributed by atoms with Gasteiger partial charge in [0, 0.05) is 38.0 Å². The molecule has 11 heteroatoms. The first kappa shape index (κ1) is 20.9. The Balaban J connectivity index is 1.28. The van der Waals surface area contributed by atoms with E-state index in [1.807, 2.05) is 0 Å². The van der Waals surface area contributed by atoms with Crippen LogP contribution in [0.25, 0.3) is 0 Å². The number of amides is 1. The van der Waals surface area contributed by atoms with Crippen LogP contribution in [0.15, 0.2) is 24.7 Å². The van der Waals surface area contributed by atoms with Crippen LogP contribution in [-0.2, 0) is 11.0 Å². The number of rotatable bonds is 4. The predicted molar refractivity (Wildman–Crippen MR) is 105 cm³/mol. The van der Waals surface area contributed by atoms with Crippen molar-refractivity contribution >= 4 is 11.7 Å². The highest BCUT2D eigenvalue weighted by atomic mass is 19.4. The number of pyridine rings is 1. The van der Waals surface area contributed by atoms with Gasteiger partial charge < -0.3 is 14.5 Å². The van der Waals surface area contributed by atoms with E-state index in [2.05, 4.69) is 15.0 Å². The van der Waals surface area contributed by atoms with Crippen molar-refractivity contribution in [3.63, 3.8) is 0 Å². The van der Waals surface area contributed by atoms with Gasteiger partial charge >= 0.3 is 6.18 Å². The minimum Gasteiger partial charge on any atom is -0.471 e. The van der Waals surface area contributed by atoms with Crippen LogP contribution in [-0.4, -0.2) is 57.5 Å². The Morgan fingerprint density at radius 2 is 1.88 bits per heavy atom. The second kappa shape index (κ2) is 7.86. The summed E-state index contributed by atoms with van der Waals surface area (Å²) in [5.41, 5.74) is -0.191. The van der Waals surface area contributed by atoms with Gasteiger partial charge in [0.05, 0.1) is 36.2 Å². The molecule has 0 N–H and O–H groups in total. The van der Waals surface area contributed by atoms with Crippen LogP contribution in [0.5, 0.6) is 5.88 Å². The number of halogens is 4. The van der Waals surface area contributed by atoms with Gasteiger partial charge in [-0.25, -0.2) is 14.4 Å². The maximum absolute atomic E-state index is 14.5. The molecule has 5 rings (SSSR count). The van der Waals surface area contributed by atoms with Crippen LogP contribution >= 0.6 is 0 Å². The fourth-order valence-corrected chi connectivity index (χ4v) is 4.32. The van der Waals surface area contributed by atoms with E-state index in [9.17, 15) is 22.4 Å². The molecule has 0 spiro atoms. The molecular formula is C21H21F4N5O2. The number of hydrogen-bond donors (Lipinski definition) is 0. The Morgan fingerprint density at radius 3 is 2.53 bits per heavy atom. The van der Waals surface area contributed by atoms with Crippen LogP contribution in [0.2, 0.25) is 0 Å². The van der Waals surface area contributed by atoms with E-state index < -0.39 is 17.6 Å². The molecule has 2 aromatic heterocycles. The first-order valence-electron chi connectivity index (χ1n) is 10.5. The molecule has 1 saturated carbocycles. The predicted octanol–water partition coefficient (Wildman–Crippen LogP) is 3.17. The smallest absolute Gasteiger partial charge is 0.417 e. The number of alkyl halides is 3. The van der Waals surface area contributed by atoms with Crippen molar-refractivity contribution in [3.8, 4) is 5.88 Å². The standard InChI is InChI=1S/C21H21F4N5O2/c22-16-5-13(21(23,24)25)7-28-20(16)29-4-3-19(31)30-11-15(6-14(30)10-29)32-18-9-26-17(8-27-18)12-1-2-12/h5,7-9,12,14-15H,1-4,6,10-11H2. The van der Waals surface area contributed by atoms with E-state index in [1.54, 1.807) is 17.3 Å². The third-order valence-electron chi connectivity index (χ3n) is 6.10. The summed E-state index contributed by atoms with van der Waals surface area (Å²) in [6.07, 6.45) is 1.82. The molecule has 0 radical (unpaired) electrons. The summed E-state index contributed by atoms with van der Waals surface area (Å²) in [5, 5.41) is 0. The summed E-state index contributed by atoms with van der Waals surface area (Å²) >= 11 is 0. The molecule has 2 saturated heterocycles. The van der Waals surface area contributed by atoms with Gasteiger partial charge in [0.15, 0.2) is 11.6 Å². The Kier molecular flexibility index (Phi) is 5.13. The van der Waals surface area contributed by atoms with Gasteiger partial charge in [-0.2, -0.15) is 13.2 Å². The fourth-order valence-electron chi connectivity index (χ4n) is 4.32. The zero-order valence-electron chi connectivity index (χ0n) is 17.1. The van der Waals surface area contributed by atoms with Crippen LogP contribution in [0.3, 0.4) is 0 Å². The molecule has 2 atom stereocenters. The summed E-state index contributed by atoms with van der Waals surface area (Å²) in [6, 6.07) is 0.175. The quantitative estimate of drug-likeness (QED) is 0.666. The molecular weight excluding hydrogens is 430 g/mol. The molecule has 4 heterocycles. The molecule has 0 aromatic carbocycles. The largest absolute Gasteiger partial charge is 0.471 e. The molecule has 170 valence electrons. The first-order valence-corrected chi connectivity index (χ1v) is 10.5. The minimum absolute atomic E-state index is 0.105. The van der Waals surface area contributed by atoms with E-state index >= 15 is 0 Å². The molecule has 2 unspecified atom stereocenters. The number of ether oxygens (including phenoxy) is 1. The maximum Gasteiger partial charge on any atom is 0.417 e. The lowest BCUT2D eigenvalue weighted by Crippen LogP contribution is -2.39.